The van der Waals surface area contributed by atoms with Crippen molar-refractivity contribution in [2.24, 2.45) is 0 Å². The van der Waals surface area contributed by atoms with Gasteiger partial charge in [-0.15, -0.1) is 0 Å². The highest BCUT2D eigenvalue weighted by molar-refractivity contribution is 7.91. The molecule has 2 aromatic rings. The van der Waals surface area contributed by atoms with E-state index in [9.17, 15) is 8.42 Å². The zero-order valence-corrected chi connectivity index (χ0v) is 15.8. The van der Waals surface area contributed by atoms with Gasteiger partial charge >= 0.3 is 0 Å². The Bertz CT molecular complexity index is 873. The monoisotopic (exact) mass is 380 g/mol. The van der Waals surface area contributed by atoms with Gasteiger partial charge in [-0.25, -0.2) is 18.4 Å². The Morgan fingerprint density at radius 1 is 1.32 bits per heavy atom. The largest absolute Gasteiger partial charge is 0.353 e. The van der Waals surface area contributed by atoms with Gasteiger partial charge in [0.05, 0.1) is 11.5 Å². The molecule has 1 saturated heterocycles. The molecule has 2 heterocycles. The van der Waals surface area contributed by atoms with E-state index in [0.717, 1.165) is 11.5 Å². The molecule has 1 aromatic carbocycles. The van der Waals surface area contributed by atoms with Gasteiger partial charge < -0.3 is 10.2 Å². The minimum atomic E-state index is -2.95. The van der Waals surface area contributed by atoms with Crippen molar-refractivity contribution >= 4 is 38.8 Å². The van der Waals surface area contributed by atoms with Crippen LogP contribution in [0.4, 0.5) is 17.3 Å². The van der Waals surface area contributed by atoms with Crippen LogP contribution in [0.5, 0.6) is 0 Å². The summed E-state index contributed by atoms with van der Waals surface area (Å²) in [6.45, 7) is 4.52. The molecule has 0 bridgehead atoms. The van der Waals surface area contributed by atoms with Crippen molar-refractivity contribution in [3.8, 4) is 0 Å². The molecule has 1 aliphatic heterocycles. The highest BCUT2D eigenvalue weighted by Crippen LogP contribution is 2.26. The van der Waals surface area contributed by atoms with Gasteiger partial charge in [0.25, 0.3) is 0 Å². The number of halogens is 1. The van der Waals surface area contributed by atoms with Crippen molar-refractivity contribution in [1.82, 2.24) is 9.97 Å². The van der Waals surface area contributed by atoms with E-state index in [0.29, 0.717) is 29.6 Å². The lowest BCUT2D eigenvalue weighted by molar-refractivity contribution is 0.599. The maximum absolute atomic E-state index is 11.8. The topological polar surface area (TPSA) is 75.2 Å². The summed E-state index contributed by atoms with van der Waals surface area (Å²) in [4.78, 5) is 11.0. The lowest BCUT2D eigenvalue weighted by Gasteiger charge is -2.28. The number of rotatable bonds is 5. The average molecular weight is 381 g/mol. The molecule has 1 fully saturated rings. The Labute approximate surface area is 153 Å². The SMILES string of the molecule is CCN(c1cc(Nc2cccc(Cl)c2)nc(C)n1)C1CCS(=O)(=O)C1. The van der Waals surface area contributed by atoms with Crippen molar-refractivity contribution in [2.75, 3.05) is 28.3 Å². The number of sulfone groups is 1. The fraction of sp³-hybridized carbons (Fsp3) is 0.412. The minimum Gasteiger partial charge on any atom is -0.353 e. The van der Waals surface area contributed by atoms with Crippen LogP contribution in [0, 0.1) is 6.92 Å². The standard InChI is InChI=1S/C17H21ClN4O2S/c1-3-22(15-7-8-25(23,24)11-15)17-10-16(19-12(2)20-17)21-14-6-4-5-13(18)9-14/h4-6,9-10,15H,3,7-8,11H2,1-2H3,(H,19,20,21). The number of aromatic nitrogens is 2. The molecule has 3 rings (SSSR count). The first-order valence-corrected chi connectivity index (χ1v) is 10.4. The second-order valence-electron chi connectivity index (χ2n) is 6.14. The molecule has 1 aromatic heterocycles. The Morgan fingerprint density at radius 2 is 2.12 bits per heavy atom. The van der Waals surface area contributed by atoms with Gasteiger partial charge in [0.15, 0.2) is 9.84 Å². The zero-order chi connectivity index (χ0) is 18.0. The first kappa shape index (κ1) is 17.9. The first-order chi connectivity index (χ1) is 11.9. The number of anilines is 3. The molecular weight excluding hydrogens is 360 g/mol. The van der Waals surface area contributed by atoms with Crippen molar-refractivity contribution in [2.45, 2.75) is 26.3 Å². The van der Waals surface area contributed by atoms with Crippen LogP contribution in [0.25, 0.3) is 0 Å². The number of nitrogens with zero attached hydrogens (tertiary/aromatic N) is 3. The molecule has 0 aliphatic carbocycles. The molecule has 1 aliphatic rings. The van der Waals surface area contributed by atoms with Gasteiger partial charge in [-0.3, -0.25) is 0 Å². The minimum absolute atomic E-state index is 0.0386. The summed E-state index contributed by atoms with van der Waals surface area (Å²) >= 11 is 6.02. The number of hydrogen-bond donors (Lipinski definition) is 1. The summed E-state index contributed by atoms with van der Waals surface area (Å²) in [6.07, 6.45) is 0.635. The van der Waals surface area contributed by atoms with Crippen LogP contribution in [0.2, 0.25) is 5.02 Å². The maximum Gasteiger partial charge on any atom is 0.152 e. The van der Waals surface area contributed by atoms with Crippen molar-refractivity contribution in [3.05, 3.63) is 41.2 Å². The van der Waals surface area contributed by atoms with Crippen LogP contribution < -0.4 is 10.2 Å². The van der Waals surface area contributed by atoms with Crippen molar-refractivity contribution in [3.63, 3.8) is 0 Å². The Kier molecular flexibility index (Phi) is 5.15. The molecule has 1 N–H and O–H groups in total. The molecule has 0 amide bonds. The summed E-state index contributed by atoms with van der Waals surface area (Å²) in [5, 5.41) is 3.87. The highest BCUT2D eigenvalue weighted by atomic mass is 35.5. The van der Waals surface area contributed by atoms with Crippen LogP contribution in [0.15, 0.2) is 30.3 Å². The summed E-state index contributed by atoms with van der Waals surface area (Å²) in [5.74, 6) is 2.44. The molecule has 1 unspecified atom stereocenters. The fourth-order valence-electron chi connectivity index (χ4n) is 3.11. The number of nitrogens with one attached hydrogen (secondary N) is 1. The fourth-order valence-corrected chi connectivity index (χ4v) is 5.03. The number of hydrogen-bond acceptors (Lipinski definition) is 6. The normalized spacial score (nSPS) is 18.9. The average Bonchev–Trinajstić information content (AvgIpc) is 2.87. The lowest BCUT2D eigenvalue weighted by atomic mass is 10.2. The van der Waals surface area contributed by atoms with Gasteiger partial charge in [0.2, 0.25) is 0 Å². The third kappa shape index (κ3) is 4.41. The van der Waals surface area contributed by atoms with E-state index >= 15 is 0 Å². The van der Waals surface area contributed by atoms with E-state index < -0.39 is 9.84 Å². The smallest absolute Gasteiger partial charge is 0.152 e. The zero-order valence-electron chi connectivity index (χ0n) is 14.2. The molecular formula is C17H21ClN4O2S. The van der Waals surface area contributed by atoms with Crippen molar-refractivity contribution < 1.29 is 8.42 Å². The molecule has 1 atom stereocenters. The predicted octanol–water partition coefficient (Wildman–Crippen LogP) is 3.20. The summed E-state index contributed by atoms with van der Waals surface area (Å²) in [6, 6.07) is 9.21. The molecule has 0 saturated carbocycles. The molecule has 134 valence electrons. The maximum atomic E-state index is 11.8. The molecule has 25 heavy (non-hydrogen) atoms. The Morgan fingerprint density at radius 3 is 2.76 bits per heavy atom. The molecule has 0 radical (unpaired) electrons. The number of aryl methyl sites for hydroxylation is 1. The Balaban J connectivity index is 1.87. The van der Waals surface area contributed by atoms with Crippen LogP contribution in [0.1, 0.15) is 19.2 Å². The summed E-state index contributed by atoms with van der Waals surface area (Å²) in [7, 11) is -2.95. The van der Waals surface area contributed by atoms with Gasteiger partial charge in [-0.1, -0.05) is 17.7 Å². The van der Waals surface area contributed by atoms with E-state index in [1.165, 1.54) is 0 Å². The molecule has 8 heteroatoms. The van der Waals surface area contributed by atoms with Crippen LogP contribution in [-0.2, 0) is 9.84 Å². The van der Waals surface area contributed by atoms with Gasteiger partial charge in [0, 0.05) is 29.4 Å². The van der Waals surface area contributed by atoms with Crippen LogP contribution >= 0.6 is 11.6 Å². The lowest BCUT2D eigenvalue weighted by Crippen LogP contribution is -2.36. The van der Waals surface area contributed by atoms with Crippen molar-refractivity contribution in [1.29, 1.82) is 0 Å². The Hall–Kier alpha value is -1.86. The second-order valence-corrected chi connectivity index (χ2v) is 8.80. The predicted molar refractivity (Wildman–Crippen MR) is 102 cm³/mol. The van der Waals surface area contributed by atoms with Gasteiger partial charge in [0.1, 0.15) is 17.5 Å². The summed E-state index contributed by atoms with van der Waals surface area (Å²) < 4.78 is 23.6. The van der Waals surface area contributed by atoms with Crippen LogP contribution in [0.3, 0.4) is 0 Å². The first-order valence-electron chi connectivity index (χ1n) is 8.21. The van der Waals surface area contributed by atoms with E-state index in [-0.39, 0.29) is 17.5 Å². The quantitative estimate of drug-likeness (QED) is 0.858. The van der Waals surface area contributed by atoms with Crippen LogP contribution in [-0.4, -0.2) is 42.5 Å². The second kappa shape index (κ2) is 7.17. The van der Waals surface area contributed by atoms with E-state index in [1.54, 1.807) is 0 Å². The van der Waals surface area contributed by atoms with E-state index in [4.69, 9.17) is 11.6 Å². The number of benzene rings is 1. The van der Waals surface area contributed by atoms with E-state index in [2.05, 4.69) is 15.3 Å². The molecule has 6 nitrogen and oxygen atoms in total. The third-order valence-corrected chi connectivity index (χ3v) is 6.19. The van der Waals surface area contributed by atoms with Gasteiger partial charge in [-0.2, -0.15) is 0 Å². The summed E-state index contributed by atoms with van der Waals surface area (Å²) in [5.41, 5.74) is 0.836. The highest BCUT2D eigenvalue weighted by Gasteiger charge is 2.32. The van der Waals surface area contributed by atoms with Gasteiger partial charge in [-0.05, 0) is 38.5 Å². The van der Waals surface area contributed by atoms with E-state index in [1.807, 2.05) is 49.1 Å². The third-order valence-electron chi connectivity index (χ3n) is 4.21. The molecule has 0 spiro atoms.